The maximum Gasteiger partial charge on any atom is 0.105 e. The third-order valence-electron chi connectivity index (χ3n) is 2.96. The van der Waals surface area contributed by atoms with E-state index in [4.69, 9.17) is 5.73 Å². The van der Waals surface area contributed by atoms with Crippen molar-refractivity contribution >= 4 is 0 Å². The van der Waals surface area contributed by atoms with Gasteiger partial charge in [-0.2, -0.15) is 0 Å². The lowest BCUT2D eigenvalue weighted by Crippen LogP contribution is -2.40. The molecule has 70 valence electrons. The molecular weight excluding hydrogens is 162 g/mol. The maximum atomic E-state index is 10.3. The van der Waals surface area contributed by atoms with Crippen molar-refractivity contribution in [1.82, 2.24) is 0 Å². The van der Waals surface area contributed by atoms with Gasteiger partial charge in [-0.15, -0.1) is 0 Å². The largest absolute Gasteiger partial charge is 0.384 e. The third-order valence-corrected chi connectivity index (χ3v) is 2.96. The molecular formula is C11H15NO. The normalized spacial score (nSPS) is 33.5. The molecule has 2 rings (SSSR count). The van der Waals surface area contributed by atoms with E-state index < -0.39 is 5.60 Å². The summed E-state index contributed by atoms with van der Waals surface area (Å²) in [6.45, 7) is 0. The van der Waals surface area contributed by atoms with Crippen LogP contribution in [-0.4, -0.2) is 11.1 Å². The second-order valence-electron chi connectivity index (χ2n) is 3.79. The molecule has 0 spiro atoms. The quantitative estimate of drug-likeness (QED) is 0.681. The SMILES string of the molecule is N[C@H]1CCCC1(O)c1ccccc1. The Morgan fingerprint density at radius 2 is 2.00 bits per heavy atom. The summed E-state index contributed by atoms with van der Waals surface area (Å²) in [7, 11) is 0. The van der Waals surface area contributed by atoms with E-state index in [2.05, 4.69) is 0 Å². The first kappa shape index (κ1) is 8.73. The first-order chi connectivity index (χ1) is 6.23. The Morgan fingerprint density at radius 3 is 2.54 bits per heavy atom. The van der Waals surface area contributed by atoms with Gasteiger partial charge in [0, 0.05) is 6.04 Å². The fraction of sp³-hybridized carbons (Fsp3) is 0.455. The van der Waals surface area contributed by atoms with Gasteiger partial charge in [-0.05, 0) is 24.8 Å². The molecule has 0 saturated heterocycles. The van der Waals surface area contributed by atoms with Gasteiger partial charge in [0.15, 0.2) is 0 Å². The van der Waals surface area contributed by atoms with E-state index in [-0.39, 0.29) is 6.04 Å². The van der Waals surface area contributed by atoms with Crippen LogP contribution in [0.4, 0.5) is 0 Å². The van der Waals surface area contributed by atoms with Crippen LogP contribution < -0.4 is 5.73 Å². The third kappa shape index (κ3) is 1.36. The van der Waals surface area contributed by atoms with Crippen molar-refractivity contribution in [2.45, 2.75) is 30.9 Å². The first-order valence-electron chi connectivity index (χ1n) is 4.77. The van der Waals surface area contributed by atoms with Crippen molar-refractivity contribution in [3.8, 4) is 0 Å². The van der Waals surface area contributed by atoms with Gasteiger partial charge < -0.3 is 10.8 Å². The summed E-state index contributed by atoms with van der Waals surface area (Å²) in [4.78, 5) is 0. The molecule has 0 aliphatic heterocycles. The summed E-state index contributed by atoms with van der Waals surface area (Å²) in [5, 5.41) is 10.3. The average molecular weight is 177 g/mol. The Bertz CT molecular complexity index is 285. The highest BCUT2D eigenvalue weighted by molar-refractivity contribution is 5.25. The van der Waals surface area contributed by atoms with Crippen molar-refractivity contribution in [2.24, 2.45) is 5.73 Å². The van der Waals surface area contributed by atoms with E-state index in [1.165, 1.54) is 0 Å². The molecule has 0 bridgehead atoms. The molecule has 2 nitrogen and oxygen atoms in total. The minimum atomic E-state index is -0.777. The summed E-state index contributed by atoms with van der Waals surface area (Å²) in [6.07, 6.45) is 2.73. The second-order valence-corrected chi connectivity index (χ2v) is 3.79. The van der Waals surface area contributed by atoms with E-state index in [0.717, 1.165) is 24.8 Å². The number of aliphatic hydroxyl groups is 1. The molecule has 2 atom stereocenters. The number of benzene rings is 1. The van der Waals surface area contributed by atoms with Gasteiger partial charge >= 0.3 is 0 Å². The molecule has 1 aliphatic carbocycles. The van der Waals surface area contributed by atoms with Crippen molar-refractivity contribution in [3.05, 3.63) is 35.9 Å². The Hall–Kier alpha value is -0.860. The average Bonchev–Trinajstić information content (AvgIpc) is 2.50. The second kappa shape index (κ2) is 3.13. The highest BCUT2D eigenvalue weighted by Crippen LogP contribution is 2.37. The van der Waals surface area contributed by atoms with Crippen molar-refractivity contribution in [2.75, 3.05) is 0 Å². The van der Waals surface area contributed by atoms with Crippen molar-refractivity contribution < 1.29 is 5.11 Å². The fourth-order valence-corrected chi connectivity index (χ4v) is 2.10. The summed E-state index contributed by atoms with van der Waals surface area (Å²) >= 11 is 0. The van der Waals surface area contributed by atoms with E-state index in [0.29, 0.717) is 0 Å². The van der Waals surface area contributed by atoms with Gasteiger partial charge in [-0.3, -0.25) is 0 Å². The predicted molar refractivity (Wildman–Crippen MR) is 52.2 cm³/mol. The van der Waals surface area contributed by atoms with Gasteiger partial charge in [0.05, 0.1) is 0 Å². The van der Waals surface area contributed by atoms with Crippen LogP contribution in [-0.2, 0) is 5.60 Å². The van der Waals surface area contributed by atoms with Gasteiger partial charge in [0.25, 0.3) is 0 Å². The van der Waals surface area contributed by atoms with Crippen LogP contribution >= 0.6 is 0 Å². The van der Waals surface area contributed by atoms with Gasteiger partial charge in [-0.25, -0.2) is 0 Å². The minimum Gasteiger partial charge on any atom is -0.384 e. The molecule has 2 heteroatoms. The molecule has 13 heavy (non-hydrogen) atoms. The van der Waals surface area contributed by atoms with Gasteiger partial charge in [0.2, 0.25) is 0 Å². The number of nitrogens with two attached hydrogens (primary N) is 1. The van der Waals surface area contributed by atoms with E-state index in [1.807, 2.05) is 30.3 Å². The van der Waals surface area contributed by atoms with Crippen LogP contribution in [0.25, 0.3) is 0 Å². The standard InChI is InChI=1S/C11H15NO/c12-10-7-4-8-11(10,13)9-5-2-1-3-6-9/h1-3,5-6,10,13H,4,7-8,12H2/t10-,11?/m0/s1. The summed E-state index contributed by atoms with van der Waals surface area (Å²) in [6, 6.07) is 9.63. The zero-order valence-corrected chi connectivity index (χ0v) is 7.61. The molecule has 0 aromatic heterocycles. The molecule has 1 unspecified atom stereocenters. The zero-order valence-electron chi connectivity index (χ0n) is 7.61. The summed E-state index contributed by atoms with van der Waals surface area (Å²) in [5.41, 5.74) is 6.08. The molecule has 1 aliphatic rings. The highest BCUT2D eigenvalue weighted by atomic mass is 16.3. The predicted octanol–water partition coefficient (Wildman–Crippen LogP) is 1.39. The Morgan fingerprint density at radius 1 is 1.31 bits per heavy atom. The molecule has 0 heterocycles. The molecule has 1 aromatic carbocycles. The molecule has 3 N–H and O–H groups in total. The van der Waals surface area contributed by atoms with Crippen LogP contribution in [0.15, 0.2) is 30.3 Å². The molecule has 0 radical (unpaired) electrons. The Kier molecular flexibility index (Phi) is 2.10. The topological polar surface area (TPSA) is 46.2 Å². The number of hydrogen-bond acceptors (Lipinski definition) is 2. The molecule has 0 amide bonds. The van der Waals surface area contributed by atoms with Gasteiger partial charge in [0.1, 0.15) is 5.60 Å². The zero-order chi connectivity index (χ0) is 9.31. The van der Waals surface area contributed by atoms with Crippen LogP contribution in [0.2, 0.25) is 0 Å². The van der Waals surface area contributed by atoms with Crippen LogP contribution in [0.3, 0.4) is 0 Å². The summed E-state index contributed by atoms with van der Waals surface area (Å²) in [5.74, 6) is 0. The highest BCUT2D eigenvalue weighted by Gasteiger charge is 2.39. The number of rotatable bonds is 1. The Labute approximate surface area is 78.4 Å². The molecule has 1 saturated carbocycles. The lowest BCUT2D eigenvalue weighted by atomic mass is 9.89. The van der Waals surface area contributed by atoms with Crippen LogP contribution in [0.1, 0.15) is 24.8 Å². The van der Waals surface area contributed by atoms with Crippen LogP contribution in [0, 0.1) is 0 Å². The monoisotopic (exact) mass is 177 g/mol. The fourth-order valence-electron chi connectivity index (χ4n) is 2.10. The number of hydrogen-bond donors (Lipinski definition) is 2. The van der Waals surface area contributed by atoms with E-state index >= 15 is 0 Å². The molecule has 1 fully saturated rings. The lowest BCUT2D eigenvalue weighted by Gasteiger charge is -2.27. The van der Waals surface area contributed by atoms with Crippen LogP contribution in [0.5, 0.6) is 0 Å². The van der Waals surface area contributed by atoms with E-state index in [1.54, 1.807) is 0 Å². The lowest BCUT2D eigenvalue weighted by molar-refractivity contribution is 0.0282. The smallest absolute Gasteiger partial charge is 0.105 e. The van der Waals surface area contributed by atoms with Crippen molar-refractivity contribution in [1.29, 1.82) is 0 Å². The van der Waals surface area contributed by atoms with Crippen molar-refractivity contribution in [3.63, 3.8) is 0 Å². The van der Waals surface area contributed by atoms with Gasteiger partial charge in [-0.1, -0.05) is 30.3 Å². The Balaban J connectivity index is 2.34. The molecule has 1 aromatic rings. The van der Waals surface area contributed by atoms with E-state index in [9.17, 15) is 5.11 Å². The minimum absolute atomic E-state index is 0.102. The first-order valence-corrected chi connectivity index (χ1v) is 4.77. The maximum absolute atomic E-state index is 10.3. The summed E-state index contributed by atoms with van der Waals surface area (Å²) < 4.78 is 0.